The van der Waals surface area contributed by atoms with Crippen molar-refractivity contribution in [2.45, 2.75) is 45.1 Å². The first-order chi connectivity index (χ1) is 14.9. The molecule has 1 atom stereocenters. The van der Waals surface area contributed by atoms with E-state index in [0.717, 1.165) is 23.6 Å². The van der Waals surface area contributed by atoms with Crippen LogP contribution in [0, 0.1) is 0 Å². The topological polar surface area (TPSA) is 88.5 Å². The number of hydrogen-bond acceptors (Lipinski definition) is 7. The van der Waals surface area contributed by atoms with Gasteiger partial charge in [-0.15, -0.1) is 5.06 Å². The Balaban J connectivity index is 1.38. The summed E-state index contributed by atoms with van der Waals surface area (Å²) in [6.07, 6.45) is 6.53. The summed E-state index contributed by atoms with van der Waals surface area (Å²) in [5.41, 5.74) is 2.37. The first-order valence-electron chi connectivity index (χ1n) is 10.5. The second kappa shape index (κ2) is 8.37. The Morgan fingerprint density at radius 1 is 1.19 bits per heavy atom. The molecular formula is C23H25N3O5. The molecule has 2 aliphatic heterocycles. The summed E-state index contributed by atoms with van der Waals surface area (Å²) in [7, 11) is 0. The molecule has 1 aliphatic carbocycles. The number of imide groups is 1. The molecular weight excluding hydrogens is 398 g/mol. The number of anilines is 1. The molecule has 8 nitrogen and oxygen atoms in total. The maximum atomic E-state index is 12.0. The van der Waals surface area contributed by atoms with Crippen molar-refractivity contribution in [3.8, 4) is 0 Å². The van der Waals surface area contributed by atoms with E-state index < -0.39 is 23.3 Å². The molecule has 3 aliphatic rings. The minimum absolute atomic E-state index is 0.0356. The minimum atomic E-state index is -0.629. The summed E-state index contributed by atoms with van der Waals surface area (Å²) in [6, 6.07) is 8.02. The number of ether oxygens (including phenoxy) is 1. The molecule has 31 heavy (non-hydrogen) atoms. The first kappa shape index (κ1) is 20.8. The van der Waals surface area contributed by atoms with Crippen LogP contribution < -0.4 is 4.90 Å². The highest BCUT2D eigenvalue weighted by molar-refractivity contribution is 6.13. The molecule has 0 N–H and O–H groups in total. The average molecular weight is 423 g/mol. The lowest BCUT2D eigenvalue weighted by Crippen LogP contribution is -2.54. The van der Waals surface area contributed by atoms with Crippen LogP contribution in [0.5, 0.6) is 0 Å². The second-order valence-electron chi connectivity index (χ2n) is 7.73. The predicted octanol–water partition coefficient (Wildman–Crippen LogP) is 3.22. The molecule has 8 heteroatoms. The number of allylic oxidation sites excluding steroid dienone is 2. The minimum Gasteiger partial charge on any atom is -0.492 e. The molecule has 1 saturated heterocycles. The summed E-state index contributed by atoms with van der Waals surface area (Å²) < 4.78 is 5.99. The smallest absolute Gasteiger partial charge is 0.333 e. The number of carbonyl (C=O) groups excluding carboxylic acids is 3. The van der Waals surface area contributed by atoms with Gasteiger partial charge in [0.15, 0.2) is 0 Å². The van der Waals surface area contributed by atoms with Crippen LogP contribution in [0.15, 0.2) is 53.2 Å². The number of para-hydroxylation sites is 2. The van der Waals surface area contributed by atoms with Gasteiger partial charge in [0.25, 0.3) is 11.8 Å². The quantitative estimate of drug-likeness (QED) is 0.494. The maximum Gasteiger partial charge on any atom is 0.333 e. The van der Waals surface area contributed by atoms with Crippen LogP contribution in [0.2, 0.25) is 0 Å². The number of aliphatic imine (C=N–C) groups is 1. The van der Waals surface area contributed by atoms with Crippen LogP contribution in [0.1, 0.15) is 39.5 Å². The molecule has 0 aromatic heterocycles. The summed E-state index contributed by atoms with van der Waals surface area (Å²) in [6.45, 7) is 5.31. The van der Waals surface area contributed by atoms with E-state index in [0.29, 0.717) is 17.2 Å². The fraction of sp³-hybridized carbons (Fsp3) is 0.391. The van der Waals surface area contributed by atoms with E-state index in [1.54, 1.807) is 0 Å². The Morgan fingerprint density at radius 3 is 2.68 bits per heavy atom. The van der Waals surface area contributed by atoms with Crippen LogP contribution in [0.4, 0.5) is 11.4 Å². The van der Waals surface area contributed by atoms with Crippen molar-refractivity contribution in [3.63, 3.8) is 0 Å². The fourth-order valence-electron chi connectivity index (χ4n) is 4.09. The van der Waals surface area contributed by atoms with Crippen molar-refractivity contribution >= 4 is 34.9 Å². The normalized spacial score (nSPS) is 22.0. The van der Waals surface area contributed by atoms with Crippen molar-refractivity contribution in [1.82, 2.24) is 5.06 Å². The van der Waals surface area contributed by atoms with Crippen LogP contribution in [0.25, 0.3) is 0 Å². The van der Waals surface area contributed by atoms with Gasteiger partial charge in [-0.25, -0.2) is 9.79 Å². The Labute approximate surface area is 180 Å². The zero-order chi connectivity index (χ0) is 22.0. The van der Waals surface area contributed by atoms with Crippen LogP contribution in [0.3, 0.4) is 0 Å². The van der Waals surface area contributed by atoms with E-state index in [4.69, 9.17) is 14.6 Å². The Kier molecular flexibility index (Phi) is 5.63. The molecule has 2 amide bonds. The molecule has 1 unspecified atom stereocenters. The number of rotatable bonds is 7. The summed E-state index contributed by atoms with van der Waals surface area (Å²) >= 11 is 0. The zero-order valence-electron chi connectivity index (χ0n) is 17.7. The lowest BCUT2D eigenvalue weighted by atomic mass is 9.85. The van der Waals surface area contributed by atoms with Crippen LogP contribution in [-0.4, -0.2) is 47.2 Å². The number of carbonyl (C=O) groups is 3. The predicted molar refractivity (Wildman–Crippen MR) is 115 cm³/mol. The van der Waals surface area contributed by atoms with Crippen LogP contribution >= 0.6 is 0 Å². The molecule has 0 bridgehead atoms. The molecule has 2 heterocycles. The van der Waals surface area contributed by atoms with Gasteiger partial charge in [0.05, 0.1) is 24.4 Å². The Morgan fingerprint density at radius 2 is 1.94 bits per heavy atom. The van der Waals surface area contributed by atoms with Crippen molar-refractivity contribution in [1.29, 1.82) is 0 Å². The number of nitrogens with zero attached hydrogens (tertiary/aromatic N) is 3. The molecule has 0 radical (unpaired) electrons. The third kappa shape index (κ3) is 3.85. The molecule has 1 fully saturated rings. The van der Waals surface area contributed by atoms with Gasteiger partial charge in [-0.3, -0.25) is 9.59 Å². The van der Waals surface area contributed by atoms with Crippen molar-refractivity contribution < 1.29 is 24.0 Å². The fourth-order valence-corrected chi connectivity index (χ4v) is 4.09. The Hall–Kier alpha value is -3.42. The van der Waals surface area contributed by atoms with Crippen molar-refractivity contribution in [2.24, 2.45) is 4.99 Å². The highest BCUT2D eigenvalue weighted by Gasteiger charge is 2.42. The van der Waals surface area contributed by atoms with E-state index >= 15 is 0 Å². The van der Waals surface area contributed by atoms with Gasteiger partial charge in [-0.1, -0.05) is 24.3 Å². The zero-order valence-corrected chi connectivity index (χ0v) is 17.7. The first-order valence-corrected chi connectivity index (χ1v) is 10.5. The lowest BCUT2D eigenvalue weighted by Gasteiger charge is -2.45. The monoisotopic (exact) mass is 423 g/mol. The van der Waals surface area contributed by atoms with E-state index in [-0.39, 0.29) is 25.9 Å². The number of hydrogen-bond donors (Lipinski definition) is 0. The van der Waals surface area contributed by atoms with E-state index in [2.05, 4.69) is 30.9 Å². The third-order valence-corrected chi connectivity index (χ3v) is 5.64. The lowest BCUT2D eigenvalue weighted by molar-refractivity contribution is -0.197. The SMILES string of the molecule is CCN1c2ccccc2N=C2C(OCCCC(=O)ON3C(=O)CCC3=O)=CC=CC21C. The number of amides is 2. The van der Waals surface area contributed by atoms with Gasteiger partial charge < -0.3 is 14.5 Å². The van der Waals surface area contributed by atoms with E-state index in [1.165, 1.54) is 0 Å². The number of fused-ring (bicyclic) bond motifs is 2. The molecule has 0 saturated carbocycles. The van der Waals surface area contributed by atoms with Gasteiger partial charge in [-0.05, 0) is 38.5 Å². The molecule has 0 spiro atoms. The number of benzene rings is 1. The van der Waals surface area contributed by atoms with Gasteiger partial charge in [-0.2, -0.15) is 0 Å². The maximum absolute atomic E-state index is 12.0. The van der Waals surface area contributed by atoms with Gasteiger partial charge >= 0.3 is 5.97 Å². The van der Waals surface area contributed by atoms with E-state index in [9.17, 15) is 14.4 Å². The molecule has 1 aromatic rings. The van der Waals surface area contributed by atoms with Gasteiger partial charge in [0.1, 0.15) is 17.0 Å². The van der Waals surface area contributed by atoms with E-state index in [1.807, 2.05) is 30.4 Å². The number of hydroxylamine groups is 2. The van der Waals surface area contributed by atoms with Crippen LogP contribution in [-0.2, 0) is 24.0 Å². The average Bonchev–Trinajstić information content (AvgIpc) is 3.07. The Bertz CT molecular complexity index is 996. The van der Waals surface area contributed by atoms with Gasteiger partial charge in [0.2, 0.25) is 0 Å². The highest BCUT2D eigenvalue weighted by atomic mass is 16.7. The van der Waals surface area contributed by atoms with Gasteiger partial charge in [0, 0.05) is 19.4 Å². The standard InChI is InChI=1S/C23H25N3O5/c1-3-25-17-9-5-4-8-16(17)24-22-18(10-6-14-23(22,25)2)30-15-7-11-21(29)31-26-19(27)12-13-20(26)28/h4-6,8-10,14H,3,7,11-13,15H2,1-2H3. The molecule has 1 aromatic carbocycles. The molecule has 4 rings (SSSR count). The van der Waals surface area contributed by atoms with Crippen molar-refractivity contribution in [2.75, 3.05) is 18.1 Å². The number of likely N-dealkylation sites (N-methyl/N-ethyl adjacent to an activating group) is 1. The second-order valence-corrected chi connectivity index (χ2v) is 7.73. The summed E-state index contributed by atoms with van der Waals surface area (Å²) in [5, 5.41) is 0.566. The summed E-state index contributed by atoms with van der Waals surface area (Å²) in [4.78, 5) is 47.1. The summed E-state index contributed by atoms with van der Waals surface area (Å²) in [5.74, 6) is -0.930. The molecule has 162 valence electrons. The largest absolute Gasteiger partial charge is 0.492 e. The van der Waals surface area contributed by atoms with Crippen molar-refractivity contribution in [3.05, 3.63) is 48.3 Å². The highest BCUT2D eigenvalue weighted by Crippen LogP contribution is 2.42. The third-order valence-electron chi connectivity index (χ3n) is 5.64.